The summed E-state index contributed by atoms with van der Waals surface area (Å²) in [7, 11) is 0. The number of rotatable bonds is 18. The fourth-order valence-electron chi connectivity index (χ4n) is 5.90. The first-order chi connectivity index (χ1) is 18.8. The summed E-state index contributed by atoms with van der Waals surface area (Å²) in [4.78, 5) is 9.80. The molecule has 0 atom stereocenters. The molecule has 0 N–H and O–H groups in total. The van der Waals surface area contributed by atoms with Crippen molar-refractivity contribution in [2.75, 3.05) is 0 Å². The SMILES string of the molecule is CCCCCCCCCCc1ccc2c(c1)ncc1c3ccc(CCCCCCCCCC)cc3ncc21. The van der Waals surface area contributed by atoms with Gasteiger partial charge in [-0.1, -0.05) is 128 Å². The summed E-state index contributed by atoms with van der Waals surface area (Å²) < 4.78 is 0. The quantitative estimate of drug-likeness (QED) is 0.0982. The van der Waals surface area contributed by atoms with E-state index in [1.807, 2.05) is 0 Å². The highest BCUT2D eigenvalue weighted by Gasteiger charge is 2.08. The minimum atomic E-state index is 1.10. The van der Waals surface area contributed by atoms with Gasteiger partial charge in [0, 0.05) is 33.9 Å². The zero-order chi connectivity index (χ0) is 26.4. The van der Waals surface area contributed by atoms with Crippen LogP contribution in [0.4, 0.5) is 0 Å². The smallest absolute Gasteiger partial charge is 0.0711 e. The van der Waals surface area contributed by atoms with Crippen LogP contribution < -0.4 is 0 Å². The number of hydrogen-bond donors (Lipinski definition) is 0. The zero-order valence-corrected chi connectivity index (χ0v) is 24.2. The average molecular weight is 511 g/mol. The van der Waals surface area contributed by atoms with E-state index < -0.39 is 0 Å². The molecule has 0 spiro atoms. The monoisotopic (exact) mass is 510 g/mol. The molecule has 2 aromatic carbocycles. The summed E-state index contributed by atoms with van der Waals surface area (Å²) in [6.07, 6.45) is 28.3. The molecule has 0 bridgehead atoms. The summed E-state index contributed by atoms with van der Waals surface area (Å²) >= 11 is 0. The lowest BCUT2D eigenvalue weighted by molar-refractivity contribution is 0.575. The second-order valence-electron chi connectivity index (χ2n) is 11.5. The molecule has 204 valence electrons. The molecule has 2 nitrogen and oxygen atoms in total. The maximum absolute atomic E-state index is 4.90. The third kappa shape index (κ3) is 8.26. The first kappa shape index (κ1) is 28.5. The van der Waals surface area contributed by atoms with Crippen LogP contribution in [0.25, 0.3) is 32.6 Å². The number of hydrogen-bond acceptors (Lipinski definition) is 2. The largest absolute Gasteiger partial charge is 0.256 e. The van der Waals surface area contributed by atoms with Crippen LogP contribution in [0.3, 0.4) is 0 Å². The average Bonchev–Trinajstić information content (AvgIpc) is 2.95. The van der Waals surface area contributed by atoms with Gasteiger partial charge in [0.05, 0.1) is 11.0 Å². The van der Waals surface area contributed by atoms with E-state index >= 15 is 0 Å². The fourth-order valence-corrected chi connectivity index (χ4v) is 5.90. The predicted octanol–water partition coefficient (Wildman–Crippen LogP) is 11.3. The lowest BCUT2D eigenvalue weighted by Crippen LogP contribution is -1.92. The lowest BCUT2D eigenvalue weighted by atomic mass is 9.99. The molecule has 0 radical (unpaired) electrons. The van der Waals surface area contributed by atoms with E-state index in [-0.39, 0.29) is 0 Å². The molecule has 0 aliphatic heterocycles. The van der Waals surface area contributed by atoms with Crippen molar-refractivity contribution in [3.8, 4) is 0 Å². The second kappa shape index (κ2) is 15.8. The number of pyridine rings is 2. The van der Waals surface area contributed by atoms with E-state index in [2.05, 4.69) is 62.6 Å². The van der Waals surface area contributed by atoms with Crippen LogP contribution in [0.1, 0.15) is 128 Å². The predicted molar refractivity (Wildman–Crippen MR) is 167 cm³/mol. The minimum Gasteiger partial charge on any atom is -0.256 e. The van der Waals surface area contributed by atoms with Crippen LogP contribution >= 0.6 is 0 Å². The van der Waals surface area contributed by atoms with Gasteiger partial charge in [0.15, 0.2) is 0 Å². The molecule has 0 aliphatic carbocycles. The van der Waals surface area contributed by atoms with Gasteiger partial charge in [-0.2, -0.15) is 0 Å². The van der Waals surface area contributed by atoms with Crippen molar-refractivity contribution in [3.05, 3.63) is 59.9 Å². The highest BCUT2D eigenvalue weighted by atomic mass is 14.7. The molecule has 0 saturated carbocycles. The number of nitrogens with zero attached hydrogens (tertiary/aromatic N) is 2. The second-order valence-corrected chi connectivity index (χ2v) is 11.5. The summed E-state index contributed by atoms with van der Waals surface area (Å²) in [5, 5.41) is 4.88. The van der Waals surface area contributed by atoms with Crippen molar-refractivity contribution in [1.29, 1.82) is 0 Å². The molecule has 4 aromatic rings. The molecule has 0 aliphatic rings. The number of unbranched alkanes of at least 4 members (excludes halogenated alkanes) is 14. The van der Waals surface area contributed by atoms with Crippen molar-refractivity contribution in [3.63, 3.8) is 0 Å². The van der Waals surface area contributed by atoms with Crippen molar-refractivity contribution in [2.45, 2.75) is 129 Å². The van der Waals surface area contributed by atoms with Crippen molar-refractivity contribution in [2.24, 2.45) is 0 Å². The van der Waals surface area contributed by atoms with E-state index in [4.69, 9.17) is 9.97 Å². The van der Waals surface area contributed by atoms with Crippen LogP contribution in [0.5, 0.6) is 0 Å². The number of fused-ring (bicyclic) bond motifs is 5. The van der Waals surface area contributed by atoms with Gasteiger partial charge in [-0.05, 0) is 48.9 Å². The van der Waals surface area contributed by atoms with Gasteiger partial charge in [0.25, 0.3) is 0 Å². The molecule has 0 unspecified atom stereocenters. The standard InChI is InChI=1S/C36H50N2/c1-3-5-7-9-11-13-15-17-19-29-21-23-31-33-28-38-36-26-30(20-18-16-14-12-10-8-6-4-2)22-24-32(36)34(33)27-37-35(31)25-29/h21-28H,3-20H2,1-2H3. The van der Waals surface area contributed by atoms with Crippen LogP contribution in [0.2, 0.25) is 0 Å². The molecule has 2 aromatic heterocycles. The summed E-state index contributed by atoms with van der Waals surface area (Å²) in [5.74, 6) is 0. The van der Waals surface area contributed by atoms with E-state index in [1.165, 1.54) is 135 Å². The Balaban J connectivity index is 1.33. The number of benzene rings is 2. The summed E-state index contributed by atoms with van der Waals surface area (Å²) in [5.41, 5.74) is 5.02. The Bertz CT molecular complexity index is 1160. The zero-order valence-electron chi connectivity index (χ0n) is 24.2. The van der Waals surface area contributed by atoms with Gasteiger partial charge >= 0.3 is 0 Å². The topological polar surface area (TPSA) is 25.8 Å². The van der Waals surface area contributed by atoms with Crippen LogP contribution in [-0.2, 0) is 12.8 Å². The normalized spacial score (nSPS) is 11.7. The first-order valence-corrected chi connectivity index (χ1v) is 15.9. The molecular formula is C36H50N2. The van der Waals surface area contributed by atoms with E-state index in [0.29, 0.717) is 0 Å². The maximum Gasteiger partial charge on any atom is 0.0711 e. The van der Waals surface area contributed by atoms with Crippen LogP contribution in [-0.4, -0.2) is 9.97 Å². The molecule has 38 heavy (non-hydrogen) atoms. The van der Waals surface area contributed by atoms with E-state index in [1.54, 1.807) is 0 Å². The van der Waals surface area contributed by atoms with Crippen LogP contribution in [0.15, 0.2) is 48.8 Å². The summed E-state index contributed by atoms with van der Waals surface area (Å²) in [6.45, 7) is 4.57. The molecule has 2 heterocycles. The third-order valence-electron chi connectivity index (χ3n) is 8.30. The Morgan fingerprint density at radius 3 is 1.18 bits per heavy atom. The molecule has 0 amide bonds. The van der Waals surface area contributed by atoms with Gasteiger partial charge < -0.3 is 0 Å². The minimum absolute atomic E-state index is 1.10. The highest BCUT2D eigenvalue weighted by Crippen LogP contribution is 2.30. The van der Waals surface area contributed by atoms with E-state index in [0.717, 1.165) is 23.9 Å². The third-order valence-corrected chi connectivity index (χ3v) is 8.30. The van der Waals surface area contributed by atoms with Crippen LogP contribution in [0, 0.1) is 0 Å². The van der Waals surface area contributed by atoms with Crippen molar-refractivity contribution in [1.82, 2.24) is 9.97 Å². The Morgan fingerprint density at radius 2 is 0.789 bits per heavy atom. The maximum atomic E-state index is 4.90. The Morgan fingerprint density at radius 1 is 0.421 bits per heavy atom. The molecule has 0 fully saturated rings. The molecular weight excluding hydrogens is 460 g/mol. The fraction of sp³-hybridized carbons (Fsp3) is 0.556. The number of aryl methyl sites for hydroxylation is 2. The van der Waals surface area contributed by atoms with Gasteiger partial charge in [-0.15, -0.1) is 0 Å². The van der Waals surface area contributed by atoms with Gasteiger partial charge in [-0.3, -0.25) is 9.97 Å². The molecule has 4 rings (SSSR count). The van der Waals surface area contributed by atoms with Crippen molar-refractivity contribution >= 4 is 32.6 Å². The molecule has 2 heteroatoms. The first-order valence-electron chi connectivity index (χ1n) is 15.9. The van der Waals surface area contributed by atoms with Gasteiger partial charge in [-0.25, -0.2) is 0 Å². The van der Waals surface area contributed by atoms with E-state index in [9.17, 15) is 0 Å². The Hall–Kier alpha value is -2.48. The Kier molecular flexibility index (Phi) is 11.9. The highest BCUT2D eigenvalue weighted by molar-refractivity contribution is 6.14. The molecule has 0 saturated heterocycles. The summed E-state index contributed by atoms with van der Waals surface area (Å²) in [6, 6.07) is 13.8. The number of aromatic nitrogens is 2. The Labute approximate surface area is 231 Å². The van der Waals surface area contributed by atoms with Gasteiger partial charge in [0.2, 0.25) is 0 Å². The van der Waals surface area contributed by atoms with Gasteiger partial charge in [0.1, 0.15) is 0 Å². The lowest BCUT2D eigenvalue weighted by Gasteiger charge is -2.09. The van der Waals surface area contributed by atoms with Crippen molar-refractivity contribution < 1.29 is 0 Å².